The van der Waals surface area contributed by atoms with Crippen LogP contribution in [0.15, 0.2) is 29.3 Å². The Bertz CT molecular complexity index is 796. The van der Waals surface area contributed by atoms with Crippen molar-refractivity contribution in [3.8, 4) is 5.75 Å². The number of hydrogen-bond donors (Lipinski definition) is 2. The molecule has 0 fully saturated rings. The number of nitrogens with zero attached hydrogens (tertiary/aromatic N) is 1. The smallest absolute Gasteiger partial charge is 0.343 e. The van der Waals surface area contributed by atoms with E-state index < -0.39 is 21.0 Å². The van der Waals surface area contributed by atoms with Gasteiger partial charge >= 0.3 is 5.97 Å². The summed E-state index contributed by atoms with van der Waals surface area (Å²) >= 11 is 0. The van der Waals surface area contributed by atoms with E-state index in [1.54, 1.807) is 38.1 Å². The van der Waals surface area contributed by atoms with E-state index in [-0.39, 0.29) is 12.2 Å². The Labute approximate surface area is 133 Å². The SMILES string of the molecule is CCOC(=O)c1c(S(=O)(=O)Nc2ccc(OC)cc2)n[nH]c1C. The molecule has 2 rings (SSSR count). The number of H-pyrrole nitrogens is 1. The van der Waals surface area contributed by atoms with Gasteiger partial charge in [0.1, 0.15) is 11.3 Å². The van der Waals surface area contributed by atoms with Crippen LogP contribution in [0.5, 0.6) is 5.75 Å². The van der Waals surface area contributed by atoms with Crippen molar-refractivity contribution in [1.29, 1.82) is 0 Å². The lowest BCUT2D eigenvalue weighted by Crippen LogP contribution is -2.18. The fourth-order valence-corrected chi connectivity index (χ4v) is 3.12. The van der Waals surface area contributed by atoms with E-state index in [0.717, 1.165) is 0 Å². The molecule has 0 aliphatic carbocycles. The molecule has 0 aliphatic heterocycles. The molecule has 2 aromatic rings. The quantitative estimate of drug-likeness (QED) is 0.775. The number of methoxy groups -OCH3 is 1. The first kappa shape index (κ1) is 16.8. The van der Waals surface area contributed by atoms with Gasteiger partial charge in [-0.15, -0.1) is 0 Å². The lowest BCUT2D eigenvalue weighted by atomic mass is 10.3. The minimum atomic E-state index is -4.04. The van der Waals surface area contributed by atoms with Crippen LogP contribution in [-0.2, 0) is 14.8 Å². The molecular formula is C14H17N3O5S. The maximum Gasteiger partial charge on any atom is 0.343 e. The molecule has 0 unspecified atom stereocenters. The predicted molar refractivity (Wildman–Crippen MR) is 83.1 cm³/mol. The van der Waals surface area contributed by atoms with Crippen molar-refractivity contribution in [2.24, 2.45) is 0 Å². The van der Waals surface area contributed by atoms with E-state index >= 15 is 0 Å². The highest BCUT2D eigenvalue weighted by Gasteiger charge is 2.29. The lowest BCUT2D eigenvalue weighted by molar-refractivity contribution is 0.0521. The standard InChI is InChI=1S/C14H17N3O5S/c1-4-22-14(18)12-9(2)15-16-13(12)23(19,20)17-10-5-7-11(21-3)8-6-10/h5-8,17H,4H2,1-3H3,(H,15,16). The molecule has 0 spiro atoms. The first-order valence-corrected chi connectivity index (χ1v) is 8.26. The normalized spacial score (nSPS) is 11.1. The summed E-state index contributed by atoms with van der Waals surface area (Å²) in [5.41, 5.74) is 0.535. The lowest BCUT2D eigenvalue weighted by Gasteiger charge is -2.08. The van der Waals surface area contributed by atoms with Crippen LogP contribution in [0.1, 0.15) is 23.0 Å². The number of sulfonamides is 1. The van der Waals surface area contributed by atoms with Gasteiger partial charge in [-0.1, -0.05) is 0 Å². The molecule has 2 N–H and O–H groups in total. The fraction of sp³-hybridized carbons (Fsp3) is 0.286. The summed E-state index contributed by atoms with van der Waals surface area (Å²) in [6.07, 6.45) is 0. The van der Waals surface area contributed by atoms with Crippen molar-refractivity contribution in [3.63, 3.8) is 0 Å². The van der Waals surface area contributed by atoms with Gasteiger partial charge in [-0.2, -0.15) is 13.5 Å². The van der Waals surface area contributed by atoms with Gasteiger partial charge in [0, 0.05) is 11.4 Å². The monoisotopic (exact) mass is 339 g/mol. The Balaban J connectivity index is 2.34. The van der Waals surface area contributed by atoms with Crippen LogP contribution in [0, 0.1) is 6.92 Å². The minimum Gasteiger partial charge on any atom is -0.497 e. The topological polar surface area (TPSA) is 110 Å². The van der Waals surface area contributed by atoms with Crippen LogP contribution in [-0.4, -0.2) is 38.3 Å². The van der Waals surface area contributed by atoms with Gasteiger partial charge in [-0.25, -0.2) is 4.79 Å². The summed E-state index contributed by atoms with van der Waals surface area (Å²) in [5.74, 6) is -0.148. The average Bonchev–Trinajstić information content (AvgIpc) is 2.90. The van der Waals surface area contributed by atoms with Gasteiger partial charge in [0.05, 0.1) is 13.7 Å². The summed E-state index contributed by atoms with van der Waals surface area (Å²) < 4.78 is 37.2. The number of rotatable bonds is 6. The van der Waals surface area contributed by atoms with Crippen molar-refractivity contribution in [1.82, 2.24) is 10.2 Å². The summed E-state index contributed by atoms with van der Waals surface area (Å²) in [4.78, 5) is 11.9. The maximum absolute atomic E-state index is 12.5. The molecular weight excluding hydrogens is 322 g/mol. The summed E-state index contributed by atoms with van der Waals surface area (Å²) in [6, 6.07) is 6.31. The van der Waals surface area contributed by atoms with Gasteiger partial charge in [-0.3, -0.25) is 9.82 Å². The molecule has 0 atom stereocenters. The highest BCUT2D eigenvalue weighted by molar-refractivity contribution is 7.92. The molecule has 8 nitrogen and oxygen atoms in total. The van der Waals surface area contributed by atoms with E-state index in [2.05, 4.69) is 14.9 Å². The van der Waals surface area contributed by atoms with Gasteiger partial charge in [0.25, 0.3) is 10.0 Å². The predicted octanol–water partition coefficient (Wildman–Crippen LogP) is 1.70. The summed E-state index contributed by atoms with van der Waals surface area (Å²) in [6.45, 7) is 3.32. The number of benzene rings is 1. The number of nitrogens with one attached hydrogen (secondary N) is 2. The fourth-order valence-electron chi connectivity index (χ4n) is 1.91. The molecule has 1 aromatic carbocycles. The number of carbonyl (C=O) groups excluding carboxylic acids is 1. The first-order valence-electron chi connectivity index (χ1n) is 6.78. The number of ether oxygens (including phenoxy) is 2. The third kappa shape index (κ3) is 3.62. The van der Waals surface area contributed by atoms with Crippen molar-refractivity contribution >= 4 is 21.7 Å². The maximum atomic E-state index is 12.5. The summed E-state index contributed by atoms with van der Waals surface area (Å²) in [5, 5.41) is 5.82. The largest absolute Gasteiger partial charge is 0.497 e. The number of aromatic nitrogens is 2. The molecule has 1 heterocycles. The van der Waals surface area contributed by atoms with Crippen molar-refractivity contribution < 1.29 is 22.7 Å². The number of aryl methyl sites for hydroxylation is 1. The molecule has 23 heavy (non-hydrogen) atoms. The Morgan fingerprint density at radius 1 is 1.30 bits per heavy atom. The van der Waals surface area contributed by atoms with E-state index in [1.165, 1.54) is 7.11 Å². The zero-order valence-corrected chi connectivity index (χ0v) is 13.7. The van der Waals surface area contributed by atoms with Crippen LogP contribution < -0.4 is 9.46 Å². The third-order valence-electron chi connectivity index (χ3n) is 2.99. The second kappa shape index (κ2) is 6.69. The number of esters is 1. The third-order valence-corrected chi connectivity index (χ3v) is 4.30. The zero-order chi connectivity index (χ0) is 17.0. The second-order valence-corrected chi connectivity index (χ2v) is 6.18. The molecule has 0 aliphatic rings. The average molecular weight is 339 g/mol. The molecule has 0 saturated heterocycles. The van der Waals surface area contributed by atoms with E-state index in [9.17, 15) is 13.2 Å². The Morgan fingerprint density at radius 2 is 1.96 bits per heavy atom. The van der Waals surface area contributed by atoms with Gasteiger partial charge in [-0.05, 0) is 38.1 Å². The van der Waals surface area contributed by atoms with Crippen LogP contribution in [0.2, 0.25) is 0 Å². The van der Waals surface area contributed by atoms with Crippen molar-refractivity contribution in [2.45, 2.75) is 18.9 Å². The molecule has 0 radical (unpaired) electrons. The van der Waals surface area contributed by atoms with Crippen LogP contribution in [0.3, 0.4) is 0 Å². The van der Waals surface area contributed by atoms with E-state index in [0.29, 0.717) is 17.1 Å². The Morgan fingerprint density at radius 3 is 2.52 bits per heavy atom. The van der Waals surface area contributed by atoms with Gasteiger partial charge < -0.3 is 9.47 Å². The Kier molecular flexibility index (Phi) is 4.89. The number of carbonyl (C=O) groups is 1. The second-order valence-electron chi connectivity index (χ2n) is 4.58. The van der Waals surface area contributed by atoms with E-state index in [1.807, 2.05) is 0 Å². The molecule has 9 heteroatoms. The molecule has 1 aromatic heterocycles. The number of anilines is 1. The number of aromatic amines is 1. The number of hydrogen-bond acceptors (Lipinski definition) is 6. The van der Waals surface area contributed by atoms with Gasteiger partial charge in [0.2, 0.25) is 5.03 Å². The molecule has 0 amide bonds. The highest BCUT2D eigenvalue weighted by atomic mass is 32.2. The molecule has 0 saturated carbocycles. The van der Waals surface area contributed by atoms with Crippen LogP contribution >= 0.6 is 0 Å². The van der Waals surface area contributed by atoms with Crippen LogP contribution in [0.4, 0.5) is 5.69 Å². The van der Waals surface area contributed by atoms with Crippen molar-refractivity contribution in [2.75, 3.05) is 18.4 Å². The van der Waals surface area contributed by atoms with Crippen molar-refractivity contribution in [3.05, 3.63) is 35.5 Å². The van der Waals surface area contributed by atoms with E-state index in [4.69, 9.17) is 9.47 Å². The first-order chi connectivity index (χ1) is 10.9. The molecule has 0 bridgehead atoms. The van der Waals surface area contributed by atoms with Crippen LogP contribution in [0.25, 0.3) is 0 Å². The molecule has 124 valence electrons. The Hall–Kier alpha value is -2.55. The zero-order valence-electron chi connectivity index (χ0n) is 12.9. The van der Waals surface area contributed by atoms with Gasteiger partial charge in [0.15, 0.2) is 0 Å². The summed E-state index contributed by atoms with van der Waals surface area (Å²) in [7, 11) is -2.53. The minimum absolute atomic E-state index is 0.104. The highest BCUT2D eigenvalue weighted by Crippen LogP contribution is 2.22.